The molecule has 2 aromatic carbocycles. The number of carbonyl (C=O) groups is 2. The summed E-state index contributed by atoms with van der Waals surface area (Å²) in [5.41, 5.74) is 3.62. The van der Waals surface area contributed by atoms with Gasteiger partial charge in [-0.15, -0.1) is 0 Å². The number of aromatic nitrogens is 3. The molecule has 10 nitrogen and oxygen atoms in total. The van der Waals surface area contributed by atoms with Crippen LogP contribution < -0.4 is 10.9 Å². The smallest absolute Gasteiger partial charge is 0.261 e. The molecule has 1 atom stereocenters. The maximum Gasteiger partial charge on any atom is 0.261 e. The molecule has 1 saturated heterocycles. The number of imide groups is 1. The second-order valence-corrected chi connectivity index (χ2v) is 10.6. The van der Waals surface area contributed by atoms with Crippen molar-refractivity contribution in [1.82, 2.24) is 24.8 Å². The van der Waals surface area contributed by atoms with E-state index in [4.69, 9.17) is 9.72 Å². The van der Waals surface area contributed by atoms with Crippen LogP contribution in [0.1, 0.15) is 39.1 Å². The van der Waals surface area contributed by atoms with Crippen molar-refractivity contribution < 1.29 is 14.3 Å². The first-order valence-corrected chi connectivity index (χ1v) is 13.5. The van der Waals surface area contributed by atoms with E-state index in [0.717, 1.165) is 31.5 Å². The van der Waals surface area contributed by atoms with Crippen LogP contribution in [0.4, 0.5) is 5.69 Å². The molecule has 2 aliphatic heterocycles. The number of nitrogens with one attached hydrogen (secondary N) is 3. The number of methoxy groups -OCH3 is 1. The topological polar surface area (TPSA) is 123 Å². The van der Waals surface area contributed by atoms with E-state index in [1.54, 1.807) is 31.5 Å². The lowest BCUT2D eigenvalue weighted by atomic mass is 10.0. The summed E-state index contributed by atoms with van der Waals surface area (Å²) in [7, 11) is 3.69. The molecule has 0 bridgehead atoms. The van der Waals surface area contributed by atoms with Crippen LogP contribution in [0.15, 0.2) is 59.5 Å². The first-order valence-electron chi connectivity index (χ1n) is 13.5. The van der Waals surface area contributed by atoms with E-state index in [1.165, 1.54) is 4.90 Å². The molecule has 2 aromatic heterocycles. The molecule has 0 aliphatic carbocycles. The van der Waals surface area contributed by atoms with Crippen molar-refractivity contribution in [3.63, 3.8) is 0 Å². The Labute approximate surface area is 231 Å². The largest absolute Gasteiger partial charge is 0.383 e. The molecular weight excluding hydrogens is 508 g/mol. The number of imidazole rings is 1. The normalized spacial score (nSPS) is 17.0. The molecule has 0 unspecified atom stereocenters. The molecule has 6 rings (SSSR count). The highest BCUT2D eigenvalue weighted by Crippen LogP contribution is 2.33. The van der Waals surface area contributed by atoms with Gasteiger partial charge in [0.2, 0.25) is 0 Å². The Balaban J connectivity index is 1.31. The number of hydrogen-bond donors (Lipinski definition) is 3. The molecule has 4 heterocycles. The van der Waals surface area contributed by atoms with Gasteiger partial charge in [-0.25, -0.2) is 4.98 Å². The average Bonchev–Trinajstić information content (AvgIpc) is 3.46. The minimum Gasteiger partial charge on any atom is -0.383 e. The summed E-state index contributed by atoms with van der Waals surface area (Å²) >= 11 is 0. The number of anilines is 1. The Bertz CT molecular complexity index is 1570. The maximum absolute atomic E-state index is 13.3. The molecule has 3 N–H and O–H groups in total. The van der Waals surface area contributed by atoms with Crippen molar-refractivity contribution in [2.45, 2.75) is 31.3 Å². The van der Waals surface area contributed by atoms with E-state index < -0.39 is 0 Å². The minimum absolute atomic E-state index is 0.0954. The number of piperidine rings is 1. The first-order chi connectivity index (χ1) is 19.4. The summed E-state index contributed by atoms with van der Waals surface area (Å²) in [5.74, 6) is -0.189. The van der Waals surface area contributed by atoms with Crippen LogP contribution in [0, 0.1) is 0 Å². The molecule has 40 heavy (non-hydrogen) atoms. The fourth-order valence-corrected chi connectivity index (χ4v) is 5.77. The Kier molecular flexibility index (Phi) is 6.95. The maximum atomic E-state index is 13.3. The fourth-order valence-electron chi connectivity index (χ4n) is 5.77. The molecular formula is C30H32N6O4. The Hall–Kier alpha value is -4.28. The van der Waals surface area contributed by atoms with E-state index in [1.807, 2.05) is 25.2 Å². The number of benzene rings is 2. The van der Waals surface area contributed by atoms with Crippen molar-refractivity contribution in [3.05, 3.63) is 81.8 Å². The predicted octanol–water partition coefficient (Wildman–Crippen LogP) is 3.28. The number of rotatable bonds is 8. The molecule has 206 valence electrons. The average molecular weight is 541 g/mol. The SMILES string of the molecule is COC[C@@H](Cc1ccccc1)Nc1cc[nH]c(=O)c1-c1nc2cc3c(cc2[nH]1)C(=O)N(C1CCN(C)CC1)C3=O. The third-order valence-corrected chi connectivity index (χ3v) is 7.82. The molecule has 1 fully saturated rings. The highest BCUT2D eigenvalue weighted by Gasteiger charge is 2.41. The first kappa shape index (κ1) is 26.0. The fraction of sp³-hybridized carbons (Fsp3) is 0.333. The van der Waals surface area contributed by atoms with Crippen LogP contribution >= 0.6 is 0 Å². The number of fused-ring (bicyclic) bond motifs is 2. The predicted molar refractivity (Wildman–Crippen MR) is 153 cm³/mol. The van der Waals surface area contributed by atoms with Crippen LogP contribution in [0.25, 0.3) is 22.4 Å². The Morgan fingerprint density at radius 3 is 2.50 bits per heavy atom. The molecule has 0 radical (unpaired) electrons. The van der Waals surface area contributed by atoms with Crippen molar-refractivity contribution >= 4 is 28.5 Å². The highest BCUT2D eigenvalue weighted by atomic mass is 16.5. The molecule has 2 amide bonds. The standard InChI is InChI=1S/C30H32N6O4/c1-35-12-9-20(10-13-35)36-29(38)21-15-24-25(16-22(21)30(36)39)34-27(33-24)26-23(8-11-31-28(26)37)32-19(17-40-2)14-18-6-4-3-5-7-18/h3-8,11,15-16,19-20H,9-10,12-14,17H2,1-2H3,(H,33,34)(H2,31,32,37)/t19-/m1/s1. The van der Waals surface area contributed by atoms with Crippen molar-refractivity contribution in [2.75, 3.05) is 39.2 Å². The van der Waals surface area contributed by atoms with Gasteiger partial charge in [-0.05, 0) is 63.2 Å². The van der Waals surface area contributed by atoms with Crippen molar-refractivity contribution in [1.29, 1.82) is 0 Å². The third kappa shape index (κ3) is 4.80. The van der Waals surface area contributed by atoms with E-state index in [2.05, 4.69) is 32.3 Å². The summed E-state index contributed by atoms with van der Waals surface area (Å²) < 4.78 is 5.45. The molecule has 0 saturated carbocycles. The van der Waals surface area contributed by atoms with Gasteiger partial charge >= 0.3 is 0 Å². The van der Waals surface area contributed by atoms with E-state index in [-0.39, 0.29) is 29.5 Å². The number of nitrogens with zero attached hydrogens (tertiary/aromatic N) is 3. The molecule has 10 heteroatoms. The van der Waals surface area contributed by atoms with E-state index in [0.29, 0.717) is 52.3 Å². The Morgan fingerprint density at radius 1 is 1.05 bits per heavy atom. The van der Waals surface area contributed by atoms with Crippen molar-refractivity contribution in [3.8, 4) is 11.4 Å². The third-order valence-electron chi connectivity index (χ3n) is 7.82. The number of hydrogen-bond acceptors (Lipinski definition) is 7. The summed E-state index contributed by atoms with van der Waals surface area (Å²) in [6.07, 6.45) is 3.82. The molecule has 4 aromatic rings. The number of aromatic amines is 2. The van der Waals surface area contributed by atoms with Crippen LogP contribution in [-0.2, 0) is 11.2 Å². The van der Waals surface area contributed by atoms with Crippen LogP contribution in [0.3, 0.4) is 0 Å². The number of H-pyrrole nitrogens is 2. The monoisotopic (exact) mass is 540 g/mol. The lowest BCUT2D eigenvalue weighted by Crippen LogP contribution is -2.46. The van der Waals surface area contributed by atoms with Gasteiger partial charge < -0.3 is 24.9 Å². The summed E-state index contributed by atoms with van der Waals surface area (Å²) in [6, 6.07) is 15.0. The molecule has 2 aliphatic rings. The highest BCUT2D eigenvalue weighted by molar-refractivity contribution is 6.23. The summed E-state index contributed by atoms with van der Waals surface area (Å²) in [4.78, 5) is 54.0. The number of pyridine rings is 1. The van der Waals surface area contributed by atoms with Crippen molar-refractivity contribution in [2.24, 2.45) is 0 Å². The van der Waals surface area contributed by atoms with Gasteiger partial charge in [0.15, 0.2) is 0 Å². The number of amides is 2. The number of ether oxygens (including phenoxy) is 1. The van der Waals surface area contributed by atoms with Crippen LogP contribution in [0.2, 0.25) is 0 Å². The minimum atomic E-state index is -0.312. The Morgan fingerprint density at radius 2 is 1.77 bits per heavy atom. The molecule has 0 spiro atoms. The second-order valence-electron chi connectivity index (χ2n) is 10.6. The van der Waals surface area contributed by atoms with Gasteiger partial charge in [-0.1, -0.05) is 30.3 Å². The zero-order valence-electron chi connectivity index (χ0n) is 22.6. The zero-order valence-corrected chi connectivity index (χ0v) is 22.6. The van der Waals surface area contributed by atoms with Gasteiger partial charge in [-0.3, -0.25) is 19.3 Å². The van der Waals surface area contributed by atoms with Gasteiger partial charge in [0.05, 0.1) is 40.5 Å². The summed E-state index contributed by atoms with van der Waals surface area (Å²) in [6.45, 7) is 2.14. The quantitative estimate of drug-likeness (QED) is 0.293. The van der Waals surface area contributed by atoms with E-state index in [9.17, 15) is 14.4 Å². The van der Waals surface area contributed by atoms with Gasteiger partial charge in [0.1, 0.15) is 11.4 Å². The van der Waals surface area contributed by atoms with Crippen LogP contribution in [0.5, 0.6) is 0 Å². The van der Waals surface area contributed by atoms with Gasteiger partial charge in [-0.2, -0.15) is 0 Å². The van der Waals surface area contributed by atoms with Crippen LogP contribution in [-0.4, -0.2) is 82.5 Å². The van der Waals surface area contributed by atoms with Gasteiger partial charge in [0, 0.05) is 19.3 Å². The number of likely N-dealkylation sites (tertiary alicyclic amines) is 1. The van der Waals surface area contributed by atoms with E-state index >= 15 is 0 Å². The number of carbonyl (C=O) groups excluding carboxylic acids is 2. The lowest BCUT2D eigenvalue weighted by molar-refractivity contribution is 0.0516. The summed E-state index contributed by atoms with van der Waals surface area (Å²) in [5, 5.41) is 3.46. The second kappa shape index (κ2) is 10.7. The van der Waals surface area contributed by atoms with Gasteiger partial charge in [0.25, 0.3) is 17.4 Å². The lowest BCUT2D eigenvalue weighted by Gasteiger charge is -2.33. The zero-order chi connectivity index (χ0) is 27.8.